The molecule has 0 saturated heterocycles. The van der Waals surface area contributed by atoms with Gasteiger partial charge in [0.1, 0.15) is 28.5 Å². The van der Waals surface area contributed by atoms with Crippen molar-refractivity contribution in [2.75, 3.05) is 0 Å². The summed E-state index contributed by atoms with van der Waals surface area (Å²) >= 11 is 22.0. The van der Waals surface area contributed by atoms with Gasteiger partial charge in [-0.25, -0.2) is 0 Å². The molecule has 0 fully saturated rings. The molecule has 0 bridgehead atoms. The Labute approximate surface area is 232 Å². The molecule has 0 aliphatic carbocycles. The van der Waals surface area contributed by atoms with E-state index >= 15 is 0 Å². The van der Waals surface area contributed by atoms with E-state index in [1.54, 1.807) is 0 Å². The molecule has 0 spiro atoms. The summed E-state index contributed by atoms with van der Waals surface area (Å²) in [6.45, 7) is 0. The summed E-state index contributed by atoms with van der Waals surface area (Å²) in [5.74, 6) is -0.536. The minimum absolute atomic E-state index is 0.0962. The Hall–Kier alpha value is -2.51. The molecule has 0 heterocycles. The van der Waals surface area contributed by atoms with Crippen LogP contribution in [0.15, 0.2) is 127 Å². The van der Waals surface area contributed by atoms with Crippen LogP contribution in [0.3, 0.4) is 0 Å². The molecule has 6 heteroatoms. The van der Waals surface area contributed by atoms with E-state index in [-0.39, 0.29) is 20.1 Å². The molecular weight excluding hydrogens is 549 g/mol. The Morgan fingerprint density at radius 2 is 0.667 bits per heavy atom. The van der Waals surface area contributed by atoms with Crippen LogP contribution in [0.4, 0.5) is 0 Å². The number of benzene rings is 5. The van der Waals surface area contributed by atoms with Gasteiger partial charge in [0.2, 0.25) is 0 Å². The summed E-state index contributed by atoms with van der Waals surface area (Å²) in [7, 11) is -1.91. The van der Waals surface area contributed by atoms with Gasteiger partial charge >= 0.3 is 0 Å². The van der Waals surface area contributed by atoms with Crippen molar-refractivity contribution in [3.05, 3.63) is 147 Å². The van der Waals surface area contributed by atoms with E-state index in [9.17, 15) is 5.11 Å². The first-order valence-electron chi connectivity index (χ1n) is 11.1. The molecule has 36 heavy (non-hydrogen) atoms. The Balaban J connectivity index is 0.000000233. The zero-order chi connectivity index (χ0) is 25.5. The van der Waals surface area contributed by atoms with E-state index in [1.165, 1.54) is 27.3 Å². The maximum atomic E-state index is 11.0. The fourth-order valence-corrected chi connectivity index (χ4v) is 9.11. The lowest BCUT2D eigenvalue weighted by Gasteiger charge is -2.27. The van der Waals surface area contributed by atoms with Gasteiger partial charge in [-0.05, 0) is 54.6 Å². The van der Waals surface area contributed by atoms with Crippen LogP contribution >= 0.6 is 53.7 Å². The molecule has 0 saturated carbocycles. The molecule has 0 atom stereocenters. The van der Waals surface area contributed by atoms with Gasteiger partial charge in [-0.15, -0.1) is 0 Å². The summed E-state index contributed by atoms with van der Waals surface area (Å²) in [5, 5.41) is 16.6. The molecule has 5 aromatic rings. The third-order valence-electron chi connectivity index (χ3n) is 5.65. The maximum Gasteiger partial charge on any atom is 0.144 e. The lowest BCUT2D eigenvalue weighted by molar-refractivity contribution is -0.267. The molecule has 0 aliphatic rings. The fraction of sp³-hybridized carbons (Fsp3) is 0. The summed E-state index contributed by atoms with van der Waals surface area (Å²) in [4.78, 5) is 0. The summed E-state index contributed by atoms with van der Waals surface area (Å²) < 4.78 is 0. The predicted molar refractivity (Wildman–Crippen MR) is 157 cm³/mol. The van der Waals surface area contributed by atoms with E-state index in [0.29, 0.717) is 0 Å². The van der Waals surface area contributed by atoms with Gasteiger partial charge < -0.3 is 5.11 Å². The zero-order valence-electron chi connectivity index (χ0n) is 19.0. The third kappa shape index (κ3) is 5.42. The van der Waals surface area contributed by atoms with Gasteiger partial charge in [0, 0.05) is 0 Å². The van der Waals surface area contributed by atoms with Crippen molar-refractivity contribution >= 4 is 74.9 Å². The predicted octanol–water partition coefficient (Wildman–Crippen LogP) is 7.68. The quantitative estimate of drug-likeness (QED) is 0.161. The second kappa shape index (κ2) is 12.2. The van der Waals surface area contributed by atoms with Crippen molar-refractivity contribution in [3.63, 3.8) is 0 Å². The van der Waals surface area contributed by atoms with Crippen molar-refractivity contribution in [1.29, 1.82) is 0 Å². The SMILES string of the molecule is [O-]c1c(Cl)c(Cl)cc(Cl)c1Cl.c1ccc([P+](c2ccccc2)(c2ccccc2)c2ccccc2)cc1. The Kier molecular flexibility index (Phi) is 8.96. The highest BCUT2D eigenvalue weighted by Gasteiger charge is 2.47. The molecule has 0 radical (unpaired) electrons. The number of hydrogen-bond acceptors (Lipinski definition) is 1. The molecule has 1 nitrogen and oxygen atoms in total. The maximum absolute atomic E-state index is 11.0. The molecular formula is C30H21Cl4OP. The number of hydrogen-bond donors (Lipinski definition) is 0. The van der Waals surface area contributed by atoms with E-state index in [1.807, 2.05) is 0 Å². The van der Waals surface area contributed by atoms with Gasteiger partial charge in [0.25, 0.3) is 0 Å². The molecule has 0 amide bonds. The summed E-state index contributed by atoms with van der Waals surface area (Å²) in [6.07, 6.45) is 0. The molecule has 0 aliphatic heterocycles. The van der Waals surface area contributed by atoms with Crippen LogP contribution in [0.1, 0.15) is 0 Å². The molecule has 0 unspecified atom stereocenters. The zero-order valence-corrected chi connectivity index (χ0v) is 22.9. The summed E-state index contributed by atoms with van der Waals surface area (Å²) in [6, 6.07) is 45.2. The monoisotopic (exact) mass is 568 g/mol. The van der Waals surface area contributed by atoms with Gasteiger partial charge in [-0.1, -0.05) is 125 Å². The van der Waals surface area contributed by atoms with Crippen LogP contribution in [0, 0.1) is 0 Å². The topological polar surface area (TPSA) is 23.1 Å². The van der Waals surface area contributed by atoms with Crippen LogP contribution in [0.25, 0.3) is 0 Å². The first-order valence-corrected chi connectivity index (χ1v) is 14.4. The average molecular weight is 570 g/mol. The highest BCUT2D eigenvalue weighted by molar-refractivity contribution is 8.01. The molecule has 5 rings (SSSR count). The Bertz CT molecular complexity index is 1220. The second-order valence-electron chi connectivity index (χ2n) is 7.81. The highest BCUT2D eigenvalue weighted by Crippen LogP contribution is 2.54. The van der Waals surface area contributed by atoms with Crippen molar-refractivity contribution in [3.8, 4) is 5.75 Å². The van der Waals surface area contributed by atoms with Crippen LogP contribution in [-0.4, -0.2) is 0 Å². The normalized spacial score (nSPS) is 10.9. The van der Waals surface area contributed by atoms with Crippen molar-refractivity contribution in [1.82, 2.24) is 0 Å². The Morgan fingerprint density at radius 1 is 0.417 bits per heavy atom. The van der Waals surface area contributed by atoms with Crippen LogP contribution in [0.2, 0.25) is 20.1 Å². The Morgan fingerprint density at radius 3 is 0.917 bits per heavy atom. The van der Waals surface area contributed by atoms with Crippen LogP contribution < -0.4 is 26.3 Å². The van der Waals surface area contributed by atoms with E-state index in [2.05, 4.69) is 121 Å². The molecule has 5 aromatic carbocycles. The van der Waals surface area contributed by atoms with Crippen LogP contribution in [-0.2, 0) is 0 Å². The minimum atomic E-state index is -1.91. The fourth-order valence-electron chi connectivity index (χ4n) is 4.05. The molecule has 0 aromatic heterocycles. The summed E-state index contributed by atoms with van der Waals surface area (Å²) in [5.41, 5.74) is 0. The van der Waals surface area contributed by atoms with Crippen molar-refractivity contribution < 1.29 is 5.11 Å². The molecule has 180 valence electrons. The standard InChI is InChI=1S/C24H20P.C6H2Cl4O/c1-5-13-21(14-6-1)25(22-15-7-2-8-16-22,23-17-9-3-10-18-23)24-19-11-4-12-20-24;7-2-1-3(8)5(10)6(11)4(2)9/h1-20H;1,11H/q+1;/p-1. The van der Waals surface area contributed by atoms with E-state index in [4.69, 9.17) is 46.4 Å². The van der Waals surface area contributed by atoms with E-state index < -0.39 is 13.0 Å². The molecule has 0 N–H and O–H groups in total. The lowest BCUT2D eigenvalue weighted by Crippen LogP contribution is -2.38. The van der Waals surface area contributed by atoms with Gasteiger partial charge in [-0.3, -0.25) is 0 Å². The third-order valence-corrected chi connectivity index (χ3v) is 11.5. The van der Waals surface area contributed by atoms with E-state index in [0.717, 1.165) is 0 Å². The smallest absolute Gasteiger partial charge is 0.144 e. The van der Waals surface area contributed by atoms with Crippen LogP contribution in [0.5, 0.6) is 5.75 Å². The highest BCUT2D eigenvalue weighted by atomic mass is 35.5. The largest absolute Gasteiger partial charge is 0.870 e. The van der Waals surface area contributed by atoms with Gasteiger partial charge in [0.05, 0.1) is 20.1 Å². The second-order valence-corrected chi connectivity index (χ2v) is 12.8. The van der Waals surface area contributed by atoms with Gasteiger partial charge in [-0.2, -0.15) is 0 Å². The number of halogens is 4. The lowest BCUT2D eigenvalue weighted by atomic mass is 10.3. The first-order chi connectivity index (χ1) is 17.5. The van der Waals surface area contributed by atoms with Gasteiger partial charge in [0.15, 0.2) is 0 Å². The minimum Gasteiger partial charge on any atom is -0.870 e. The van der Waals surface area contributed by atoms with Crippen molar-refractivity contribution in [2.45, 2.75) is 0 Å². The number of rotatable bonds is 4. The first kappa shape index (κ1) is 26.6. The van der Waals surface area contributed by atoms with Crippen molar-refractivity contribution in [2.24, 2.45) is 0 Å². The average Bonchev–Trinajstić information content (AvgIpc) is 2.94.